The van der Waals surface area contributed by atoms with E-state index in [2.05, 4.69) is 21.9 Å². The molecule has 0 radical (unpaired) electrons. The highest BCUT2D eigenvalue weighted by molar-refractivity contribution is 6.05. The molecule has 46 heavy (non-hydrogen) atoms. The van der Waals surface area contributed by atoms with Gasteiger partial charge in [-0.25, -0.2) is 15.0 Å². The summed E-state index contributed by atoms with van der Waals surface area (Å²) in [5.74, 6) is 0.207. The highest BCUT2D eigenvalue weighted by atomic mass is 19.4. The minimum absolute atomic E-state index is 0.0145. The molecular formula is C33H38F3N7O3. The van der Waals surface area contributed by atoms with Crippen LogP contribution in [0.15, 0.2) is 61.1 Å². The summed E-state index contributed by atoms with van der Waals surface area (Å²) in [5, 5.41) is 2.45. The fourth-order valence-corrected chi connectivity index (χ4v) is 5.76. The molecule has 13 heteroatoms. The number of carbonyl (C=O) groups is 2. The zero-order valence-corrected chi connectivity index (χ0v) is 26.1. The summed E-state index contributed by atoms with van der Waals surface area (Å²) >= 11 is 0. The summed E-state index contributed by atoms with van der Waals surface area (Å²) in [4.78, 5) is 40.8. The van der Waals surface area contributed by atoms with Crippen molar-refractivity contribution in [3.8, 4) is 0 Å². The maximum Gasteiger partial charge on any atom is 0.416 e. The van der Waals surface area contributed by atoms with Crippen LogP contribution in [0.25, 0.3) is 11.1 Å². The molecule has 3 N–H and O–H groups in total. The number of ether oxygens (including phenoxy) is 1. The van der Waals surface area contributed by atoms with E-state index in [1.165, 1.54) is 12.2 Å². The van der Waals surface area contributed by atoms with Gasteiger partial charge in [0.1, 0.15) is 23.0 Å². The number of amides is 2. The molecule has 2 saturated heterocycles. The number of rotatable bonds is 9. The number of hydrogen-bond donors (Lipinski definition) is 2. The zero-order valence-electron chi connectivity index (χ0n) is 26.1. The van der Waals surface area contributed by atoms with Crippen molar-refractivity contribution in [2.75, 3.05) is 30.8 Å². The van der Waals surface area contributed by atoms with Crippen molar-refractivity contribution < 1.29 is 27.5 Å². The number of nitrogens with one attached hydrogen (secondary N) is 1. The summed E-state index contributed by atoms with van der Waals surface area (Å²) in [5.41, 5.74) is 6.84. The molecule has 0 aromatic carbocycles. The van der Waals surface area contributed by atoms with Gasteiger partial charge >= 0.3 is 6.18 Å². The smallest absolute Gasteiger partial charge is 0.382 e. The highest BCUT2D eigenvalue weighted by Crippen LogP contribution is 2.37. The van der Waals surface area contributed by atoms with E-state index >= 15 is 0 Å². The van der Waals surface area contributed by atoms with Gasteiger partial charge in [0.25, 0.3) is 5.91 Å². The maximum absolute atomic E-state index is 13.3. The van der Waals surface area contributed by atoms with Gasteiger partial charge in [0, 0.05) is 49.1 Å². The molecule has 10 nitrogen and oxygen atoms in total. The largest absolute Gasteiger partial charge is 0.416 e. The van der Waals surface area contributed by atoms with Crippen LogP contribution in [-0.4, -0.2) is 61.9 Å². The van der Waals surface area contributed by atoms with Gasteiger partial charge in [-0.05, 0) is 54.5 Å². The average molecular weight is 638 g/mol. The molecule has 5 rings (SSSR count). The molecule has 3 aromatic heterocycles. The molecule has 0 saturated carbocycles. The summed E-state index contributed by atoms with van der Waals surface area (Å²) < 4.78 is 47.3. The predicted octanol–water partition coefficient (Wildman–Crippen LogP) is 5.79. The third-order valence-corrected chi connectivity index (χ3v) is 8.01. The number of halogens is 3. The number of nitrogens with zero attached hydrogens (tertiary/aromatic N) is 5. The maximum atomic E-state index is 13.3. The normalized spacial score (nSPS) is 19.2. The van der Waals surface area contributed by atoms with Gasteiger partial charge in [-0.1, -0.05) is 33.4 Å². The fourth-order valence-electron chi connectivity index (χ4n) is 5.76. The van der Waals surface area contributed by atoms with Crippen molar-refractivity contribution in [3.05, 3.63) is 78.2 Å². The van der Waals surface area contributed by atoms with Crippen molar-refractivity contribution in [3.63, 3.8) is 0 Å². The first-order chi connectivity index (χ1) is 21.7. The Bertz CT molecular complexity index is 1700. The van der Waals surface area contributed by atoms with Crippen LogP contribution in [-0.2, 0) is 20.5 Å². The standard InChI is InChI=1S/C33H38F3N7O3/c1-20(27-28-29(37)39-14-15-42(28)30(41-27)22-7-8-24-9-10-26(44)43(24)18-22)5-6-21(12-16-46-19-32(2,3)4)31(45)40-25-17-23(11-13-38-25)33(34,35)36/h5-6,11-15,17,22,24H,1,7-10,16,18-19H2,2-4H3,(H2,37,39)(H,38,40,45)/b6-5-,21-12+/t22-,24+/m1/s1. The Hall–Kier alpha value is -4.52. The van der Waals surface area contributed by atoms with Gasteiger partial charge in [0.05, 0.1) is 24.5 Å². The van der Waals surface area contributed by atoms with Gasteiger partial charge < -0.3 is 20.7 Å². The van der Waals surface area contributed by atoms with Crippen molar-refractivity contribution in [1.82, 2.24) is 24.3 Å². The van der Waals surface area contributed by atoms with Crippen LogP contribution >= 0.6 is 0 Å². The molecule has 2 aliphatic rings. The predicted molar refractivity (Wildman–Crippen MR) is 169 cm³/mol. The fraction of sp³-hybridized carbons (Fsp3) is 0.424. The lowest BCUT2D eigenvalue weighted by atomic mass is 9.92. The number of pyridine rings is 1. The number of carbonyl (C=O) groups excluding carboxylic acids is 2. The van der Waals surface area contributed by atoms with Crippen LogP contribution in [0.3, 0.4) is 0 Å². The van der Waals surface area contributed by atoms with Crippen molar-refractivity contribution in [1.29, 1.82) is 0 Å². The van der Waals surface area contributed by atoms with Gasteiger partial charge in [-0.3, -0.25) is 14.0 Å². The zero-order chi connectivity index (χ0) is 33.2. The van der Waals surface area contributed by atoms with E-state index in [9.17, 15) is 22.8 Å². The number of allylic oxidation sites excluding steroid dienone is 2. The number of nitrogen functional groups attached to an aromatic ring is 1. The Kier molecular flexibility index (Phi) is 9.34. The molecule has 0 bridgehead atoms. The molecule has 0 aliphatic carbocycles. The number of aromatic nitrogens is 4. The number of imidazole rings is 1. The molecule has 5 heterocycles. The number of alkyl halides is 3. The van der Waals surface area contributed by atoms with E-state index in [0.29, 0.717) is 36.4 Å². The lowest BCUT2D eigenvalue weighted by molar-refractivity contribution is -0.137. The first-order valence-electron chi connectivity index (χ1n) is 15.1. The molecule has 3 aromatic rings. The second-order valence-electron chi connectivity index (χ2n) is 12.8. The summed E-state index contributed by atoms with van der Waals surface area (Å²) in [6, 6.07) is 1.87. The first-order valence-corrected chi connectivity index (χ1v) is 15.1. The molecule has 2 fully saturated rings. The van der Waals surface area contributed by atoms with E-state index in [1.807, 2.05) is 30.1 Å². The Balaban J connectivity index is 1.42. The van der Waals surface area contributed by atoms with Gasteiger partial charge in [0.2, 0.25) is 5.91 Å². The third kappa shape index (κ3) is 7.47. The quantitative estimate of drug-likeness (QED) is 0.173. The molecule has 2 amide bonds. The van der Waals surface area contributed by atoms with Crippen molar-refractivity contribution in [2.45, 2.75) is 64.6 Å². The van der Waals surface area contributed by atoms with Gasteiger partial charge in [0.15, 0.2) is 0 Å². The second-order valence-corrected chi connectivity index (χ2v) is 12.8. The Morgan fingerprint density at radius 2 is 1.96 bits per heavy atom. The van der Waals surface area contributed by atoms with E-state index < -0.39 is 17.6 Å². The molecule has 0 unspecified atom stereocenters. The minimum atomic E-state index is -4.59. The highest BCUT2D eigenvalue weighted by Gasteiger charge is 2.38. The average Bonchev–Trinajstić information content (AvgIpc) is 3.57. The van der Waals surface area contributed by atoms with Crippen LogP contribution in [0, 0.1) is 5.41 Å². The Morgan fingerprint density at radius 3 is 2.70 bits per heavy atom. The molecule has 0 spiro atoms. The second kappa shape index (κ2) is 13.1. The first kappa shape index (κ1) is 32.9. The molecule has 2 atom stereocenters. The van der Waals surface area contributed by atoms with Crippen molar-refractivity contribution >= 4 is 34.5 Å². The lowest BCUT2D eigenvalue weighted by Gasteiger charge is -2.34. The van der Waals surface area contributed by atoms with Crippen molar-refractivity contribution in [2.24, 2.45) is 5.41 Å². The Labute approximate surface area is 265 Å². The molecular weight excluding hydrogens is 599 g/mol. The van der Waals surface area contributed by atoms with Crippen LogP contribution in [0.1, 0.15) is 69.5 Å². The Morgan fingerprint density at radius 1 is 1.17 bits per heavy atom. The molecule has 2 aliphatic heterocycles. The monoisotopic (exact) mass is 637 g/mol. The van der Waals surface area contributed by atoms with Gasteiger partial charge in [-0.15, -0.1) is 0 Å². The number of anilines is 2. The number of piperidine rings is 1. The topological polar surface area (TPSA) is 128 Å². The van der Waals surface area contributed by atoms with Crippen LogP contribution in [0.5, 0.6) is 0 Å². The van der Waals surface area contributed by atoms with Crippen LogP contribution in [0.4, 0.5) is 24.8 Å². The van der Waals surface area contributed by atoms with Gasteiger partial charge in [-0.2, -0.15) is 13.2 Å². The molecule has 244 valence electrons. The number of fused-ring (bicyclic) bond motifs is 2. The van der Waals surface area contributed by atoms with E-state index in [1.54, 1.807) is 18.5 Å². The lowest BCUT2D eigenvalue weighted by Crippen LogP contribution is -2.41. The van der Waals surface area contributed by atoms with E-state index in [-0.39, 0.29) is 47.1 Å². The summed E-state index contributed by atoms with van der Waals surface area (Å²) in [6.45, 7) is 11.3. The number of nitrogens with two attached hydrogens (primary N) is 1. The summed E-state index contributed by atoms with van der Waals surface area (Å²) in [7, 11) is 0. The minimum Gasteiger partial charge on any atom is -0.382 e. The van der Waals surface area contributed by atoms with E-state index in [4.69, 9.17) is 15.5 Å². The summed E-state index contributed by atoms with van der Waals surface area (Å²) in [6.07, 6.45) is 7.59. The van der Waals surface area contributed by atoms with E-state index in [0.717, 1.165) is 43.4 Å². The third-order valence-electron chi connectivity index (χ3n) is 8.01. The van der Waals surface area contributed by atoms with Crippen LogP contribution in [0.2, 0.25) is 0 Å². The number of hydrogen-bond acceptors (Lipinski definition) is 7. The van der Waals surface area contributed by atoms with Crippen LogP contribution < -0.4 is 11.1 Å². The SMILES string of the molecule is C=C(/C=C\C(=C/COCC(C)(C)C)C(=O)Nc1cc(C(F)(F)F)ccn1)c1nc([C@@H]2CC[C@H]3CCC(=O)N3C2)n2ccnc(N)c12.